The van der Waals surface area contributed by atoms with Gasteiger partial charge in [0.1, 0.15) is 23.4 Å². The van der Waals surface area contributed by atoms with Crippen molar-refractivity contribution in [3.63, 3.8) is 0 Å². The molecule has 2 aromatic rings. The highest BCUT2D eigenvalue weighted by Crippen LogP contribution is 2.29. The number of aryl methyl sites for hydroxylation is 1. The van der Waals surface area contributed by atoms with Gasteiger partial charge in [-0.05, 0) is 55.6 Å². The lowest BCUT2D eigenvalue weighted by Gasteiger charge is -2.26. The Morgan fingerprint density at radius 1 is 0.808 bits per heavy atom. The van der Waals surface area contributed by atoms with E-state index in [4.69, 9.17) is 9.47 Å². The van der Waals surface area contributed by atoms with Crippen LogP contribution in [-0.2, 0) is 46.3 Å². The quantitative estimate of drug-likeness (QED) is 0.148. The van der Waals surface area contributed by atoms with E-state index in [-0.39, 0.29) is 55.0 Å². The molecule has 4 amide bonds. The molecule has 2 aliphatic heterocycles. The molecular formula is C40H55N5O7. The number of nitrogens with zero attached hydrogens (tertiary/aromatic N) is 2. The minimum atomic E-state index is -1.07. The zero-order chi connectivity index (χ0) is 37.7. The van der Waals surface area contributed by atoms with Gasteiger partial charge in [0.15, 0.2) is 5.78 Å². The van der Waals surface area contributed by atoms with Crippen LogP contribution >= 0.6 is 0 Å². The second kappa shape index (κ2) is 19.5. The number of carbonyl (C=O) groups is 5. The smallest absolute Gasteiger partial charge is 0.268 e. The van der Waals surface area contributed by atoms with E-state index in [0.717, 1.165) is 11.1 Å². The molecule has 2 aliphatic rings. The van der Waals surface area contributed by atoms with Crippen molar-refractivity contribution < 1.29 is 33.4 Å². The van der Waals surface area contributed by atoms with E-state index in [9.17, 15) is 24.0 Å². The lowest BCUT2D eigenvalue weighted by Crippen LogP contribution is -2.55. The van der Waals surface area contributed by atoms with E-state index in [1.54, 1.807) is 6.92 Å². The second-order valence-electron chi connectivity index (χ2n) is 14.8. The van der Waals surface area contributed by atoms with Gasteiger partial charge >= 0.3 is 0 Å². The number of hydrogen-bond acceptors (Lipinski definition) is 8. The number of aliphatic imine (C=N–C) groups is 1. The molecule has 0 spiro atoms. The molecule has 2 saturated heterocycles. The van der Waals surface area contributed by atoms with Gasteiger partial charge in [0, 0.05) is 19.5 Å². The third-order valence-corrected chi connectivity index (χ3v) is 9.12. The van der Waals surface area contributed by atoms with Gasteiger partial charge in [-0.1, -0.05) is 88.4 Å². The summed E-state index contributed by atoms with van der Waals surface area (Å²) in [6, 6.07) is 16.0. The summed E-state index contributed by atoms with van der Waals surface area (Å²) >= 11 is 0. The molecule has 3 N–H and O–H groups in total. The normalized spacial score (nSPS) is 19.4. The van der Waals surface area contributed by atoms with Gasteiger partial charge in [0.25, 0.3) is 11.8 Å². The Kier molecular flexibility index (Phi) is 15.2. The topological polar surface area (TPSA) is 159 Å². The maximum atomic E-state index is 14.0. The van der Waals surface area contributed by atoms with Crippen LogP contribution in [0, 0.1) is 11.8 Å². The Bertz CT molecular complexity index is 1540. The molecule has 2 heterocycles. The number of hydrogen-bond donors (Lipinski definition) is 3. The number of epoxide rings is 1. The van der Waals surface area contributed by atoms with Crippen LogP contribution in [0.4, 0.5) is 0 Å². The average Bonchev–Trinajstić information content (AvgIpc) is 3.87. The van der Waals surface area contributed by atoms with Crippen LogP contribution in [-0.4, -0.2) is 103 Å². The molecule has 52 heavy (non-hydrogen) atoms. The maximum Gasteiger partial charge on any atom is 0.268 e. The van der Waals surface area contributed by atoms with Crippen molar-refractivity contribution >= 4 is 35.1 Å². The molecular weight excluding hydrogens is 662 g/mol. The van der Waals surface area contributed by atoms with E-state index in [2.05, 4.69) is 20.9 Å². The van der Waals surface area contributed by atoms with Gasteiger partial charge in [-0.2, -0.15) is 0 Å². The molecule has 0 aromatic heterocycles. The SMILES string of the molecule is CC(C)C/C(=N\C(=O)[C@@H](CCc1ccccc1)NC(=O)CN1CCOCC1)C(=O)N[C@@H](Cc1ccccc1)C(=O)N[C@H](CC(C)C)C(=O)[C@]1(C)CO1. The summed E-state index contributed by atoms with van der Waals surface area (Å²) in [4.78, 5) is 74.6. The van der Waals surface area contributed by atoms with Crippen LogP contribution in [0.15, 0.2) is 65.7 Å². The number of nitrogens with one attached hydrogen (secondary N) is 3. The second-order valence-corrected chi connectivity index (χ2v) is 14.8. The van der Waals surface area contributed by atoms with E-state index in [0.29, 0.717) is 45.8 Å². The van der Waals surface area contributed by atoms with Crippen molar-refractivity contribution in [2.24, 2.45) is 16.8 Å². The number of ether oxygens (including phenoxy) is 2. The van der Waals surface area contributed by atoms with Crippen LogP contribution in [0.3, 0.4) is 0 Å². The largest absolute Gasteiger partial charge is 0.379 e. The van der Waals surface area contributed by atoms with Crippen molar-refractivity contribution in [2.75, 3.05) is 39.5 Å². The molecule has 12 heteroatoms. The number of benzene rings is 2. The number of ketones is 1. The standard InChI is InChI=1S/C40H55N5O7/c1-27(2)22-32(36(47)40(5)26-52-40)42-39(50)34(24-30-14-10-7-11-15-30)44-38(49)33(23-28(3)4)43-37(48)31(17-16-29-12-8-6-9-13-29)41-35(46)25-45-18-20-51-21-19-45/h6-15,27-28,31-32,34H,16-26H2,1-5H3,(H,41,46)(H,42,50)(H,44,49)/b43-33+/t31-,32-,34+,40+/m1/s1. The third-order valence-electron chi connectivity index (χ3n) is 9.12. The summed E-state index contributed by atoms with van der Waals surface area (Å²) in [6.45, 7) is 12.2. The highest BCUT2D eigenvalue weighted by Gasteiger charge is 2.50. The Morgan fingerprint density at radius 2 is 1.42 bits per heavy atom. The van der Waals surface area contributed by atoms with E-state index < -0.39 is 41.4 Å². The Labute approximate surface area is 307 Å². The first-order chi connectivity index (χ1) is 24.8. The van der Waals surface area contributed by atoms with Gasteiger partial charge < -0.3 is 25.4 Å². The number of morpholine rings is 1. The molecule has 0 bridgehead atoms. The van der Waals surface area contributed by atoms with E-state index in [1.807, 2.05) is 93.3 Å². The monoisotopic (exact) mass is 717 g/mol. The summed E-state index contributed by atoms with van der Waals surface area (Å²) < 4.78 is 10.8. The number of amides is 4. The van der Waals surface area contributed by atoms with Gasteiger partial charge in [0.2, 0.25) is 11.8 Å². The highest BCUT2D eigenvalue weighted by atomic mass is 16.6. The first-order valence-corrected chi connectivity index (χ1v) is 18.4. The fraction of sp³-hybridized carbons (Fsp3) is 0.550. The van der Waals surface area contributed by atoms with Crippen molar-refractivity contribution in [1.29, 1.82) is 0 Å². The molecule has 0 unspecified atom stereocenters. The van der Waals surface area contributed by atoms with Crippen LogP contribution in [0.25, 0.3) is 0 Å². The molecule has 0 radical (unpaired) electrons. The summed E-state index contributed by atoms with van der Waals surface area (Å²) in [5.41, 5.74) is 0.830. The number of carbonyl (C=O) groups excluding carboxylic acids is 5. The van der Waals surface area contributed by atoms with Gasteiger partial charge in [-0.3, -0.25) is 28.9 Å². The summed E-state index contributed by atoms with van der Waals surface area (Å²) in [6.07, 6.45) is 1.51. The number of Topliss-reactive ketones (excluding diaryl/α,β-unsaturated/α-hetero) is 1. The molecule has 4 rings (SSSR count). The predicted octanol–water partition coefficient (Wildman–Crippen LogP) is 3.07. The maximum absolute atomic E-state index is 14.0. The Morgan fingerprint density at radius 3 is 2.00 bits per heavy atom. The molecule has 0 aliphatic carbocycles. The lowest BCUT2D eigenvalue weighted by atomic mass is 9.93. The minimum absolute atomic E-state index is 0.0355. The van der Waals surface area contributed by atoms with Crippen LogP contribution in [0.2, 0.25) is 0 Å². The zero-order valence-corrected chi connectivity index (χ0v) is 31.2. The molecule has 282 valence electrons. The van der Waals surface area contributed by atoms with Gasteiger partial charge in [0.05, 0.1) is 32.4 Å². The van der Waals surface area contributed by atoms with Crippen LogP contribution in [0.5, 0.6) is 0 Å². The summed E-state index contributed by atoms with van der Waals surface area (Å²) in [7, 11) is 0. The molecule has 2 aromatic carbocycles. The van der Waals surface area contributed by atoms with Crippen molar-refractivity contribution in [1.82, 2.24) is 20.9 Å². The van der Waals surface area contributed by atoms with Crippen LogP contribution < -0.4 is 16.0 Å². The van der Waals surface area contributed by atoms with E-state index >= 15 is 0 Å². The fourth-order valence-electron chi connectivity index (χ4n) is 6.10. The summed E-state index contributed by atoms with van der Waals surface area (Å²) in [5.74, 6) is -2.28. The molecule has 2 fully saturated rings. The first kappa shape index (κ1) is 40.5. The molecule has 0 saturated carbocycles. The van der Waals surface area contributed by atoms with Gasteiger partial charge in [-0.15, -0.1) is 0 Å². The highest BCUT2D eigenvalue weighted by molar-refractivity contribution is 6.40. The van der Waals surface area contributed by atoms with Crippen molar-refractivity contribution in [2.45, 2.75) is 90.4 Å². The average molecular weight is 718 g/mol. The minimum Gasteiger partial charge on any atom is -0.379 e. The van der Waals surface area contributed by atoms with Gasteiger partial charge in [-0.25, -0.2) is 4.99 Å². The molecule has 4 atom stereocenters. The Hall–Kier alpha value is -4.26. The number of rotatable bonds is 19. The lowest BCUT2D eigenvalue weighted by molar-refractivity contribution is -0.132. The molecule has 12 nitrogen and oxygen atoms in total. The fourth-order valence-corrected chi connectivity index (χ4v) is 6.10. The third kappa shape index (κ3) is 13.1. The van der Waals surface area contributed by atoms with Crippen molar-refractivity contribution in [3.05, 3.63) is 71.8 Å². The summed E-state index contributed by atoms with van der Waals surface area (Å²) in [5, 5.41) is 8.61. The Balaban J connectivity index is 1.56. The van der Waals surface area contributed by atoms with Crippen molar-refractivity contribution in [3.8, 4) is 0 Å². The predicted molar refractivity (Wildman–Crippen MR) is 199 cm³/mol. The van der Waals surface area contributed by atoms with E-state index in [1.165, 1.54) is 0 Å². The first-order valence-electron chi connectivity index (χ1n) is 18.4. The van der Waals surface area contributed by atoms with Crippen LogP contribution in [0.1, 0.15) is 65.0 Å². The zero-order valence-electron chi connectivity index (χ0n) is 31.2.